The van der Waals surface area contributed by atoms with Gasteiger partial charge >= 0.3 is 11.9 Å². The van der Waals surface area contributed by atoms with Crippen molar-refractivity contribution in [2.24, 2.45) is 0 Å². The zero-order valence-corrected chi connectivity index (χ0v) is 19.0. The number of anilines is 2. The first-order valence-electron chi connectivity index (χ1n) is 10.7. The first-order chi connectivity index (χ1) is 15.3. The van der Waals surface area contributed by atoms with E-state index in [0.717, 1.165) is 59.4 Å². The molecule has 4 N–H and O–H groups in total. The molecule has 0 saturated carbocycles. The molecule has 0 spiro atoms. The van der Waals surface area contributed by atoms with Crippen molar-refractivity contribution in [2.75, 3.05) is 10.6 Å². The van der Waals surface area contributed by atoms with E-state index in [9.17, 15) is 29.4 Å². The van der Waals surface area contributed by atoms with Gasteiger partial charge in [0.1, 0.15) is 10.0 Å². The lowest BCUT2D eigenvalue weighted by Crippen LogP contribution is -2.18. The van der Waals surface area contributed by atoms with Gasteiger partial charge in [-0.2, -0.15) is 0 Å². The average molecular weight is 477 g/mol. The molecule has 0 aliphatic heterocycles. The molecule has 2 heterocycles. The van der Waals surface area contributed by atoms with Crippen LogP contribution in [0.25, 0.3) is 0 Å². The standard InChI is InChI=1S/C22H24N2O6S2/c25-15(23-19-17(21(27)28)11-5-1-3-7-13(11)31-19)9-10-16(26)24-20-18(22(29)30)12-6-2-4-8-14(12)32-20/h1-10H2,(H,23,25)(H,24,26)(H,27,28)(H,29,30). The van der Waals surface area contributed by atoms with Crippen LogP contribution in [0.5, 0.6) is 0 Å². The molecule has 10 heteroatoms. The summed E-state index contributed by atoms with van der Waals surface area (Å²) in [5.41, 5.74) is 1.95. The van der Waals surface area contributed by atoms with Crippen LogP contribution in [0, 0.1) is 0 Å². The van der Waals surface area contributed by atoms with Gasteiger partial charge < -0.3 is 20.8 Å². The lowest BCUT2D eigenvalue weighted by molar-refractivity contribution is -0.121. The molecule has 0 fully saturated rings. The summed E-state index contributed by atoms with van der Waals surface area (Å²) in [6.45, 7) is 0. The Morgan fingerprint density at radius 2 is 1.03 bits per heavy atom. The SMILES string of the molecule is O=C(CCC(=O)Nc1sc2c(c1C(=O)O)CCCC2)Nc1sc2c(c1C(=O)O)CCCC2. The number of aromatic carboxylic acids is 2. The van der Waals surface area contributed by atoms with Crippen LogP contribution in [-0.4, -0.2) is 34.0 Å². The van der Waals surface area contributed by atoms with Crippen LogP contribution in [0.4, 0.5) is 10.0 Å². The van der Waals surface area contributed by atoms with Crippen molar-refractivity contribution in [1.82, 2.24) is 0 Å². The molecule has 2 aromatic rings. The Morgan fingerprint density at radius 1 is 0.656 bits per heavy atom. The highest BCUT2D eigenvalue weighted by Crippen LogP contribution is 2.39. The Morgan fingerprint density at radius 3 is 1.41 bits per heavy atom. The maximum atomic E-state index is 12.4. The molecule has 32 heavy (non-hydrogen) atoms. The fraction of sp³-hybridized carbons (Fsp3) is 0.455. The van der Waals surface area contributed by atoms with E-state index in [2.05, 4.69) is 10.6 Å². The minimum absolute atomic E-state index is 0.124. The molecule has 8 nitrogen and oxygen atoms in total. The monoisotopic (exact) mass is 476 g/mol. The fourth-order valence-corrected chi connectivity index (χ4v) is 6.96. The van der Waals surface area contributed by atoms with Gasteiger partial charge in [0.05, 0.1) is 11.1 Å². The van der Waals surface area contributed by atoms with E-state index < -0.39 is 23.8 Å². The summed E-state index contributed by atoms with van der Waals surface area (Å²) in [6.07, 6.45) is 6.65. The third-order valence-electron chi connectivity index (χ3n) is 5.86. The first kappa shape index (κ1) is 22.5. The molecular weight excluding hydrogens is 452 g/mol. The van der Waals surface area contributed by atoms with Gasteiger partial charge in [0.2, 0.25) is 11.8 Å². The first-order valence-corrected chi connectivity index (χ1v) is 12.3. The second-order valence-electron chi connectivity index (χ2n) is 8.04. The van der Waals surface area contributed by atoms with Crippen LogP contribution >= 0.6 is 22.7 Å². The van der Waals surface area contributed by atoms with Crippen LogP contribution in [0.3, 0.4) is 0 Å². The Bertz CT molecular complexity index is 1010. The minimum Gasteiger partial charge on any atom is -0.478 e. The number of hydrogen-bond acceptors (Lipinski definition) is 6. The number of carbonyl (C=O) groups excluding carboxylic acids is 2. The number of fused-ring (bicyclic) bond motifs is 2. The van der Waals surface area contributed by atoms with Gasteiger partial charge in [-0.1, -0.05) is 0 Å². The van der Waals surface area contributed by atoms with Crippen LogP contribution in [-0.2, 0) is 35.3 Å². The molecule has 0 saturated heterocycles. The number of carboxylic acid groups (broad SMARTS) is 2. The van der Waals surface area contributed by atoms with E-state index in [-0.39, 0.29) is 24.0 Å². The molecule has 0 aromatic carbocycles. The van der Waals surface area contributed by atoms with Crippen molar-refractivity contribution in [3.05, 3.63) is 32.0 Å². The third kappa shape index (κ3) is 4.56. The molecule has 170 valence electrons. The van der Waals surface area contributed by atoms with Gasteiger partial charge in [-0.25, -0.2) is 9.59 Å². The number of nitrogens with one attached hydrogen (secondary N) is 2. The number of rotatable bonds is 7. The number of amides is 2. The van der Waals surface area contributed by atoms with Crippen molar-refractivity contribution in [1.29, 1.82) is 0 Å². The second kappa shape index (κ2) is 9.41. The van der Waals surface area contributed by atoms with E-state index in [4.69, 9.17) is 0 Å². The van der Waals surface area contributed by atoms with Gasteiger partial charge in [0.15, 0.2) is 0 Å². The van der Waals surface area contributed by atoms with Crippen LogP contribution in [0.15, 0.2) is 0 Å². The summed E-state index contributed by atoms with van der Waals surface area (Å²) in [4.78, 5) is 50.3. The molecule has 0 radical (unpaired) electrons. The van der Waals surface area contributed by atoms with Crippen molar-refractivity contribution >= 4 is 56.4 Å². The van der Waals surface area contributed by atoms with E-state index in [1.807, 2.05) is 0 Å². The highest BCUT2D eigenvalue weighted by atomic mass is 32.1. The molecule has 4 rings (SSSR count). The summed E-state index contributed by atoms with van der Waals surface area (Å²) in [5.74, 6) is -2.99. The normalized spacial score (nSPS) is 14.9. The van der Waals surface area contributed by atoms with Crippen molar-refractivity contribution < 1.29 is 29.4 Å². The Kier molecular flexibility index (Phi) is 6.61. The predicted molar refractivity (Wildman–Crippen MR) is 122 cm³/mol. The number of carbonyl (C=O) groups is 4. The number of aryl methyl sites for hydroxylation is 2. The largest absolute Gasteiger partial charge is 0.478 e. The lowest BCUT2D eigenvalue weighted by atomic mass is 9.95. The maximum Gasteiger partial charge on any atom is 0.339 e. The van der Waals surface area contributed by atoms with Gasteiger partial charge in [-0.15, -0.1) is 22.7 Å². The van der Waals surface area contributed by atoms with Gasteiger partial charge in [0.25, 0.3) is 0 Å². The summed E-state index contributed by atoms with van der Waals surface area (Å²) >= 11 is 2.60. The van der Waals surface area contributed by atoms with Gasteiger partial charge in [0, 0.05) is 22.6 Å². The fourth-order valence-electron chi connectivity index (χ4n) is 4.37. The second-order valence-corrected chi connectivity index (χ2v) is 10.2. The molecule has 2 aliphatic rings. The average Bonchev–Trinajstić information content (AvgIpc) is 3.29. The van der Waals surface area contributed by atoms with Crippen LogP contribution in [0.1, 0.15) is 80.1 Å². The zero-order valence-electron chi connectivity index (χ0n) is 17.4. The number of hydrogen-bond donors (Lipinski definition) is 4. The molecule has 0 atom stereocenters. The summed E-state index contributed by atoms with van der Waals surface area (Å²) in [7, 11) is 0. The zero-order chi connectivity index (χ0) is 22.8. The van der Waals surface area contributed by atoms with Crippen LogP contribution < -0.4 is 10.6 Å². The van der Waals surface area contributed by atoms with Crippen molar-refractivity contribution in [3.63, 3.8) is 0 Å². The highest BCUT2D eigenvalue weighted by Gasteiger charge is 2.27. The third-order valence-corrected chi connectivity index (χ3v) is 8.27. The quantitative estimate of drug-likeness (QED) is 0.470. The summed E-state index contributed by atoms with van der Waals surface area (Å²) < 4.78 is 0. The van der Waals surface area contributed by atoms with E-state index in [1.165, 1.54) is 22.7 Å². The van der Waals surface area contributed by atoms with E-state index >= 15 is 0 Å². The molecule has 2 aromatic heterocycles. The summed E-state index contributed by atoms with van der Waals surface area (Å²) in [5, 5.41) is 25.2. The summed E-state index contributed by atoms with van der Waals surface area (Å²) in [6, 6.07) is 0. The topological polar surface area (TPSA) is 133 Å². The highest BCUT2D eigenvalue weighted by molar-refractivity contribution is 7.17. The van der Waals surface area contributed by atoms with Crippen molar-refractivity contribution in [2.45, 2.75) is 64.2 Å². The molecule has 0 unspecified atom stereocenters. The van der Waals surface area contributed by atoms with Crippen molar-refractivity contribution in [3.8, 4) is 0 Å². The minimum atomic E-state index is -1.06. The molecule has 0 bridgehead atoms. The lowest BCUT2D eigenvalue weighted by Gasteiger charge is -2.11. The van der Waals surface area contributed by atoms with E-state index in [1.54, 1.807) is 0 Å². The molecular formula is C22H24N2O6S2. The number of carboxylic acids is 2. The van der Waals surface area contributed by atoms with E-state index in [0.29, 0.717) is 22.8 Å². The maximum absolute atomic E-state index is 12.4. The Balaban J connectivity index is 1.39. The molecule has 2 aliphatic carbocycles. The smallest absolute Gasteiger partial charge is 0.339 e. The van der Waals surface area contributed by atoms with Crippen LogP contribution in [0.2, 0.25) is 0 Å². The van der Waals surface area contributed by atoms with Gasteiger partial charge in [-0.3, -0.25) is 9.59 Å². The molecule has 2 amide bonds. The Hall–Kier alpha value is -2.72. The van der Waals surface area contributed by atoms with Gasteiger partial charge in [-0.05, 0) is 62.5 Å². The predicted octanol–water partition coefficient (Wildman–Crippen LogP) is 4.32. The number of thiophene rings is 2. The Labute approximate surface area is 192 Å².